The first-order chi connectivity index (χ1) is 10.3. The zero-order valence-electron chi connectivity index (χ0n) is 12.1. The normalized spacial score (nSPS) is 14.0. The van der Waals surface area contributed by atoms with Gasteiger partial charge in [0.2, 0.25) is 0 Å². The number of hydrogen-bond acceptors (Lipinski definition) is 2. The van der Waals surface area contributed by atoms with E-state index in [9.17, 15) is 0 Å². The second-order valence-electron chi connectivity index (χ2n) is 5.52. The number of rotatable bonds is 2. The predicted octanol–water partition coefficient (Wildman–Crippen LogP) is 5.45. The SMILES string of the molecule is C=C1c2cc(CC)ccc2CN1c1ccc2ccsc2c1. The van der Waals surface area contributed by atoms with Gasteiger partial charge < -0.3 is 4.90 Å². The van der Waals surface area contributed by atoms with Gasteiger partial charge in [-0.3, -0.25) is 0 Å². The Labute approximate surface area is 129 Å². The van der Waals surface area contributed by atoms with Crippen molar-refractivity contribution in [2.45, 2.75) is 19.9 Å². The molecule has 0 radical (unpaired) electrons. The van der Waals surface area contributed by atoms with E-state index in [-0.39, 0.29) is 0 Å². The smallest absolute Gasteiger partial charge is 0.0488 e. The van der Waals surface area contributed by atoms with Gasteiger partial charge in [0.05, 0.1) is 0 Å². The third kappa shape index (κ3) is 1.98. The quantitative estimate of drug-likeness (QED) is 0.606. The average molecular weight is 291 g/mol. The Balaban J connectivity index is 1.75. The fraction of sp³-hybridized carbons (Fsp3) is 0.158. The maximum atomic E-state index is 4.33. The van der Waals surface area contributed by atoms with Crippen molar-refractivity contribution in [1.82, 2.24) is 0 Å². The van der Waals surface area contributed by atoms with Crippen LogP contribution in [-0.4, -0.2) is 0 Å². The third-order valence-corrected chi connectivity index (χ3v) is 5.18. The van der Waals surface area contributed by atoms with Gasteiger partial charge in [-0.2, -0.15) is 0 Å². The molecule has 21 heavy (non-hydrogen) atoms. The summed E-state index contributed by atoms with van der Waals surface area (Å²) >= 11 is 1.80. The zero-order chi connectivity index (χ0) is 14.4. The van der Waals surface area contributed by atoms with Gasteiger partial charge in [-0.15, -0.1) is 11.3 Å². The summed E-state index contributed by atoms with van der Waals surface area (Å²) in [6, 6.07) is 15.6. The summed E-state index contributed by atoms with van der Waals surface area (Å²) < 4.78 is 1.34. The van der Waals surface area contributed by atoms with Crippen LogP contribution in [-0.2, 0) is 13.0 Å². The molecule has 2 heteroatoms. The van der Waals surface area contributed by atoms with Gasteiger partial charge in [0.1, 0.15) is 0 Å². The Bertz CT molecular complexity index is 844. The molecule has 3 aromatic rings. The first-order valence-corrected chi connectivity index (χ1v) is 8.20. The second kappa shape index (κ2) is 4.74. The van der Waals surface area contributed by atoms with Crippen molar-refractivity contribution in [3.8, 4) is 0 Å². The molecule has 0 fully saturated rings. The molecule has 0 amide bonds. The van der Waals surface area contributed by atoms with Gasteiger partial charge in [-0.25, -0.2) is 0 Å². The largest absolute Gasteiger partial charge is 0.337 e. The van der Waals surface area contributed by atoms with Crippen molar-refractivity contribution in [3.05, 3.63) is 71.1 Å². The van der Waals surface area contributed by atoms with Crippen LogP contribution in [0.4, 0.5) is 5.69 Å². The van der Waals surface area contributed by atoms with Crippen molar-refractivity contribution < 1.29 is 0 Å². The van der Waals surface area contributed by atoms with Crippen molar-refractivity contribution in [3.63, 3.8) is 0 Å². The van der Waals surface area contributed by atoms with E-state index in [0.717, 1.165) is 18.7 Å². The Morgan fingerprint density at radius 2 is 2.05 bits per heavy atom. The van der Waals surface area contributed by atoms with Gasteiger partial charge in [-0.1, -0.05) is 31.7 Å². The van der Waals surface area contributed by atoms with Gasteiger partial charge in [-0.05, 0) is 52.6 Å². The summed E-state index contributed by atoms with van der Waals surface area (Å²) in [6.45, 7) is 7.45. The highest BCUT2D eigenvalue weighted by Crippen LogP contribution is 2.38. The molecular weight excluding hydrogens is 274 g/mol. The molecule has 4 rings (SSSR count). The van der Waals surface area contributed by atoms with Crippen LogP contribution in [0.15, 0.2) is 54.4 Å². The van der Waals surface area contributed by atoms with Crippen LogP contribution in [0.2, 0.25) is 0 Å². The molecule has 0 atom stereocenters. The molecule has 0 aliphatic carbocycles. The van der Waals surface area contributed by atoms with Crippen LogP contribution in [0.1, 0.15) is 23.6 Å². The molecule has 1 aliphatic heterocycles. The summed E-state index contributed by atoms with van der Waals surface area (Å²) in [6.07, 6.45) is 1.07. The van der Waals surface area contributed by atoms with Crippen LogP contribution in [0, 0.1) is 0 Å². The Hall–Kier alpha value is -2.06. The molecule has 0 N–H and O–H groups in total. The van der Waals surface area contributed by atoms with E-state index >= 15 is 0 Å². The van der Waals surface area contributed by atoms with Crippen LogP contribution >= 0.6 is 11.3 Å². The van der Waals surface area contributed by atoms with E-state index in [1.54, 1.807) is 11.3 Å². The maximum absolute atomic E-state index is 4.33. The maximum Gasteiger partial charge on any atom is 0.0488 e. The van der Waals surface area contributed by atoms with Crippen LogP contribution in [0.5, 0.6) is 0 Å². The highest BCUT2D eigenvalue weighted by Gasteiger charge is 2.23. The van der Waals surface area contributed by atoms with Crippen molar-refractivity contribution in [1.29, 1.82) is 0 Å². The fourth-order valence-corrected chi connectivity index (χ4v) is 3.84. The molecule has 1 aromatic heterocycles. The number of fused-ring (bicyclic) bond motifs is 2. The molecule has 0 saturated heterocycles. The first kappa shape index (κ1) is 12.7. The van der Waals surface area contributed by atoms with E-state index in [1.807, 2.05) is 0 Å². The van der Waals surface area contributed by atoms with Gasteiger partial charge in [0, 0.05) is 28.2 Å². The minimum atomic E-state index is 0.926. The summed E-state index contributed by atoms with van der Waals surface area (Å²) in [5.74, 6) is 0. The number of nitrogens with zero attached hydrogens (tertiary/aromatic N) is 1. The molecule has 1 aliphatic rings. The molecule has 104 valence electrons. The highest BCUT2D eigenvalue weighted by atomic mass is 32.1. The number of thiophene rings is 1. The summed E-state index contributed by atoms with van der Waals surface area (Å²) in [5.41, 5.74) is 6.43. The Morgan fingerprint density at radius 1 is 1.14 bits per heavy atom. The van der Waals surface area contributed by atoms with E-state index in [4.69, 9.17) is 0 Å². The first-order valence-electron chi connectivity index (χ1n) is 7.32. The second-order valence-corrected chi connectivity index (χ2v) is 6.47. The standard InChI is InChI=1S/C19H17NS/c1-3-14-4-5-16-12-20(13(2)18(16)10-14)17-7-6-15-8-9-21-19(15)11-17/h4-11H,2-3,12H2,1H3. The average Bonchev–Trinajstić information content (AvgIpc) is 3.11. The molecular formula is C19H17NS. The topological polar surface area (TPSA) is 3.24 Å². The molecule has 1 nitrogen and oxygen atoms in total. The minimum Gasteiger partial charge on any atom is -0.337 e. The third-order valence-electron chi connectivity index (χ3n) is 4.30. The lowest BCUT2D eigenvalue weighted by molar-refractivity contribution is 1.04. The fourth-order valence-electron chi connectivity index (χ4n) is 3.02. The minimum absolute atomic E-state index is 0.926. The number of benzene rings is 2. The number of aryl methyl sites for hydroxylation is 1. The molecule has 2 aromatic carbocycles. The van der Waals surface area contributed by atoms with E-state index in [2.05, 4.69) is 66.2 Å². The van der Waals surface area contributed by atoms with E-state index < -0.39 is 0 Å². The zero-order valence-corrected chi connectivity index (χ0v) is 12.9. The van der Waals surface area contributed by atoms with Crippen LogP contribution in [0.25, 0.3) is 15.8 Å². The summed E-state index contributed by atoms with van der Waals surface area (Å²) in [7, 11) is 0. The molecule has 0 spiro atoms. The van der Waals surface area contributed by atoms with Crippen molar-refractivity contribution in [2.24, 2.45) is 0 Å². The number of anilines is 1. The van der Waals surface area contributed by atoms with E-state index in [1.165, 1.54) is 32.5 Å². The van der Waals surface area contributed by atoms with Crippen molar-refractivity contribution >= 4 is 32.8 Å². The highest BCUT2D eigenvalue weighted by molar-refractivity contribution is 7.17. The monoisotopic (exact) mass is 291 g/mol. The Morgan fingerprint density at radius 3 is 2.90 bits per heavy atom. The molecule has 0 saturated carbocycles. The van der Waals surface area contributed by atoms with Crippen LogP contribution < -0.4 is 4.90 Å². The summed E-state index contributed by atoms with van der Waals surface area (Å²) in [4.78, 5) is 2.32. The summed E-state index contributed by atoms with van der Waals surface area (Å²) in [5, 5.41) is 3.47. The van der Waals surface area contributed by atoms with Crippen molar-refractivity contribution in [2.75, 3.05) is 4.90 Å². The Kier molecular flexibility index (Phi) is 2.86. The lowest BCUT2D eigenvalue weighted by Crippen LogP contribution is -2.12. The van der Waals surface area contributed by atoms with Gasteiger partial charge in [0.25, 0.3) is 0 Å². The van der Waals surface area contributed by atoms with E-state index in [0.29, 0.717) is 0 Å². The molecule has 2 heterocycles. The lowest BCUT2D eigenvalue weighted by Gasteiger charge is -2.19. The predicted molar refractivity (Wildman–Crippen MR) is 92.9 cm³/mol. The lowest BCUT2D eigenvalue weighted by atomic mass is 10.0. The van der Waals surface area contributed by atoms with Crippen LogP contribution in [0.3, 0.4) is 0 Å². The van der Waals surface area contributed by atoms with Gasteiger partial charge in [0.15, 0.2) is 0 Å². The molecule has 0 bridgehead atoms. The number of hydrogen-bond donors (Lipinski definition) is 0. The van der Waals surface area contributed by atoms with Gasteiger partial charge >= 0.3 is 0 Å². The molecule has 0 unspecified atom stereocenters.